The summed E-state index contributed by atoms with van der Waals surface area (Å²) in [6.07, 6.45) is 1.51. The number of fused-ring (bicyclic) bond motifs is 1. The summed E-state index contributed by atoms with van der Waals surface area (Å²) in [5.74, 6) is -0.237. The van der Waals surface area contributed by atoms with Crippen molar-refractivity contribution in [2.45, 2.75) is 18.0 Å². The van der Waals surface area contributed by atoms with Crippen LogP contribution in [0.5, 0.6) is 0 Å². The molecule has 0 radical (unpaired) electrons. The molecule has 188 valence electrons. The van der Waals surface area contributed by atoms with Gasteiger partial charge in [-0.25, -0.2) is 17.8 Å². The van der Waals surface area contributed by atoms with Gasteiger partial charge < -0.3 is 4.42 Å². The van der Waals surface area contributed by atoms with Gasteiger partial charge in [-0.15, -0.1) is 0 Å². The van der Waals surface area contributed by atoms with Crippen LogP contribution in [0, 0.1) is 5.82 Å². The van der Waals surface area contributed by atoms with Gasteiger partial charge in [0.2, 0.25) is 10.0 Å². The third-order valence-electron chi connectivity index (χ3n) is 5.77. The molecular formula is C27H22FN3O4S2. The fourth-order valence-corrected chi connectivity index (χ4v) is 5.96. The van der Waals surface area contributed by atoms with Crippen LogP contribution >= 0.6 is 11.3 Å². The first-order chi connectivity index (χ1) is 17.8. The number of rotatable bonds is 8. The SMILES string of the molecule is CN(Cc1ccccc1)S(=O)(=O)c1ccc(C(=O)N(Cc2ccco2)c2nc3ccc(F)cc3s2)cc1. The van der Waals surface area contributed by atoms with Crippen LogP contribution < -0.4 is 4.90 Å². The normalized spacial score (nSPS) is 11.8. The van der Waals surface area contributed by atoms with Gasteiger partial charge in [0.25, 0.3) is 5.91 Å². The smallest absolute Gasteiger partial charge is 0.260 e. The summed E-state index contributed by atoms with van der Waals surface area (Å²) in [6, 6.07) is 22.8. The quantitative estimate of drug-likeness (QED) is 0.255. The van der Waals surface area contributed by atoms with Crippen LogP contribution in [0.15, 0.2) is 101 Å². The number of sulfonamides is 1. The van der Waals surface area contributed by atoms with Crippen LogP contribution in [0.1, 0.15) is 21.7 Å². The zero-order valence-electron chi connectivity index (χ0n) is 19.7. The van der Waals surface area contributed by atoms with Crippen LogP contribution in [0.25, 0.3) is 10.2 Å². The highest BCUT2D eigenvalue weighted by molar-refractivity contribution is 7.89. The van der Waals surface area contributed by atoms with Crippen LogP contribution in [0.3, 0.4) is 0 Å². The standard InChI is InChI=1S/C27H22FN3O4S2/c1-30(17-19-6-3-2-4-7-19)37(33,34)23-12-9-20(10-13-23)26(32)31(18-22-8-5-15-35-22)27-29-24-14-11-21(28)16-25(24)36-27/h2-16H,17-18H2,1H3. The van der Waals surface area contributed by atoms with Crippen molar-refractivity contribution in [3.8, 4) is 0 Å². The Kier molecular flexibility index (Phi) is 6.88. The van der Waals surface area contributed by atoms with E-state index in [9.17, 15) is 17.6 Å². The minimum Gasteiger partial charge on any atom is -0.467 e. The van der Waals surface area contributed by atoms with E-state index in [0.29, 0.717) is 21.1 Å². The monoisotopic (exact) mass is 535 g/mol. The Morgan fingerprint density at radius 3 is 2.43 bits per heavy atom. The number of hydrogen-bond donors (Lipinski definition) is 0. The van der Waals surface area contributed by atoms with Crippen molar-refractivity contribution in [1.82, 2.24) is 9.29 Å². The number of carbonyl (C=O) groups is 1. The van der Waals surface area contributed by atoms with Gasteiger partial charge in [0.1, 0.15) is 11.6 Å². The number of anilines is 1. The molecule has 0 aliphatic carbocycles. The molecule has 0 atom stereocenters. The molecule has 10 heteroatoms. The summed E-state index contributed by atoms with van der Waals surface area (Å²) < 4.78 is 47.2. The Morgan fingerprint density at radius 2 is 1.73 bits per heavy atom. The van der Waals surface area contributed by atoms with Crippen molar-refractivity contribution in [3.05, 3.63) is 114 Å². The average molecular weight is 536 g/mol. The molecule has 1 amide bonds. The summed E-state index contributed by atoms with van der Waals surface area (Å²) in [5, 5.41) is 0.376. The number of carbonyl (C=O) groups excluding carboxylic acids is 1. The molecule has 0 unspecified atom stereocenters. The first-order valence-electron chi connectivity index (χ1n) is 11.3. The highest BCUT2D eigenvalue weighted by atomic mass is 32.2. The Bertz CT molecular complexity index is 1630. The van der Waals surface area contributed by atoms with Crippen molar-refractivity contribution in [2.75, 3.05) is 11.9 Å². The molecule has 0 aliphatic heterocycles. The topological polar surface area (TPSA) is 83.7 Å². The molecule has 0 saturated carbocycles. The van der Waals surface area contributed by atoms with Gasteiger partial charge in [-0.2, -0.15) is 4.31 Å². The van der Waals surface area contributed by atoms with Crippen LogP contribution in [0.4, 0.5) is 9.52 Å². The number of aromatic nitrogens is 1. The Labute approximate surface area is 217 Å². The van der Waals surface area contributed by atoms with Gasteiger partial charge in [-0.3, -0.25) is 9.69 Å². The van der Waals surface area contributed by atoms with Crippen LogP contribution in [0.2, 0.25) is 0 Å². The van der Waals surface area contributed by atoms with E-state index < -0.39 is 15.9 Å². The molecule has 0 bridgehead atoms. The predicted molar refractivity (Wildman–Crippen MR) is 140 cm³/mol. The number of hydrogen-bond acceptors (Lipinski definition) is 6. The Hall–Kier alpha value is -3.86. The summed E-state index contributed by atoms with van der Waals surface area (Å²) in [5.41, 5.74) is 1.72. The van der Waals surface area contributed by atoms with E-state index in [2.05, 4.69) is 4.98 Å². The second kappa shape index (κ2) is 10.3. The van der Waals surface area contributed by atoms with Crippen molar-refractivity contribution < 1.29 is 22.0 Å². The summed E-state index contributed by atoms with van der Waals surface area (Å²) in [6.45, 7) is 0.326. The minimum absolute atomic E-state index is 0.0792. The van der Waals surface area contributed by atoms with Crippen LogP contribution in [-0.4, -0.2) is 30.7 Å². The molecule has 2 heterocycles. The molecule has 0 aliphatic rings. The van der Waals surface area contributed by atoms with E-state index in [1.807, 2.05) is 30.3 Å². The number of halogens is 1. The maximum Gasteiger partial charge on any atom is 0.260 e. The number of nitrogens with zero attached hydrogens (tertiary/aromatic N) is 3. The number of amides is 1. The zero-order valence-corrected chi connectivity index (χ0v) is 21.4. The molecule has 5 rings (SSSR count). The summed E-state index contributed by atoms with van der Waals surface area (Å²) >= 11 is 1.19. The summed E-state index contributed by atoms with van der Waals surface area (Å²) in [4.78, 5) is 19.6. The lowest BCUT2D eigenvalue weighted by atomic mass is 10.2. The molecule has 37 heavy (non-hydrogen) atoms. The third-order valence-corrected chi connectivity index (χ3v) is 8.63. The van der Waals surface area contributed by atoms with Crippen molar-refractivity contribution in [1.29, 1.82) is 0 Å². The highest BCUT2D eigenvalue weighted by Gasteiger charge is 2.25. The third kappa shape index (κ3) is 5.31. The van der Waals surface area contributed by atoms with E-state index in [0.717, 1.165) is 5.56 Å². The number of furan rings is 1. The van der Waals surface area contributed by atoms with E-state index in [4.69, 9.17) is 4.42 Å². The molecule has 2 aromatic heterocycles. The van der Waals surface area contributed by atoms with Gasteiger partial charge in [0.05, 0.1) is 27.9 Å². The molecule has 5 aromatic rings. The van der Waals surface area contributed by atoms with E-state index in [1.54, 1.807) is 18.2 Å². The lowest BCUT2D eigenvalue weighted by Crippen LogP contribution is -2.30. The minimum atomic E-state index is -3.77. The highest BCUT2D eigenvalue weighted by Crippen LogP contribution is 2.31. The first kappa shape index (κ1) is 24.8. The maximum atomic E-state index is 13.7. The molecule has 0 spiro atoms. The molecule has 0 saturated heterocycles. The second-order valence-corrected chi connectivity index (χ2v) is 11.4. The fraction of sp³-hybridized carbons (Fsp3) is 0.111. The Balaban J connectivity index is 1.42. The lowest BCUT2D eigenvalue weighted by molar-refractivity contribution is 0.0983. The van der Waals surface area contributed by atoms with Crippen molar-refractivity contribution >= 4 is 42.6 Å². The molecule has 0 fully saturated rings. The van der Waals surface area contributed by atoms with E-state index in [-0.39, 0.29) is 29.4 Å². The van der Waals surface area contributed by atoms with Crippen molar-refractivity contribution in [2.24, 2.45) is 0 Å². The van der Waals surface area contributed by atoms with Crippen LogP contribution in [-0.2, 0) is 23.1 Å². The second-order valence-electron chi connectivity index (χ2n) is 8.35. The number of thiazole rings is 1. The predicted octanol–water partition coefficient (Wildman–Crippen LogP) is 5.70. The fourth-order valence-electron chi connectivity index (χ4n) is 3.82. The van der Waals surface area contributed by atoms with Gasteiger partial charge in [0, 0.05) is 19.2 Å². The molecule has 3 aromatic carbocycles. The molecule has 7 nitrogen and oxygen atoms in total. The zero-order chi connectivity index (χ0) is 26.0. The Morgan fingerprint density at radius 1 is 0.973 bits per heavy atom. The van der Waals surface area contributed by atoms with E-state index >= 15 is 0 Å². The van der Waals surface area contributed by atoms with E-state index in [1.165, 1.54) is 70.3 Å². The molecular weight excluding hydrogens is 513 g/mol. The number of benzene rings is 3. The summed E-state index contributed by atoms with van der Waals surface area (Å²) in [7, 11) is -2.25. The lowest BCUT2D eigenvalue weighted by Gasteiger charge is -2.20. The van der Waals surface area contributed by atoms with Crippen molar-refractivity contribution in [3.63, 3.8) is 0 Å². The average Bonchev–Trinajstić information content (AvgIpc) is 3.57. The van der Waals surface area contributed by atoms with Gasteiger partial charge in [0.15, 0.2) is 5.13 Å². The van der Waals surface area contributed by atoms with Gasteiger partial charge >= 0.3 is 0 Å². The largest absolute Gasteiger partial charge is 0.467 e. The van der Waals surface area contributed by atoms with Gasteiger partial charge in [-0.1, -0.05) is 41.7 Å². The molecule has 0 N–H and O–H groups in total. The first-order valence-corrected chi connectivity index (χ1v) is 13.6. The van der Waals surface area contributed by atoms with Gasteiger partial charge in [-0.05, 0) is 60.2 Å². The maximum absolute atomic E-state index is 13.7.